The molecule has 94 valence electrons. The molecule has 0 saturated heterocycles. The van der Waals surface area contributed by atoms with Crippen LogP contribution in [-0.2, 0) is 4.79 Å². The van der Waals surface area contributed by atoms with Gasteiger partial charge in [-0.05, 0) is 0 Å². The number of nitrogens with zero attached hydrogens (tertiary/aromatic N) is 3. The number of nitrogens with one attached hydrogen (secondary N) is 1. The van der Waals surface area contributed by atoms with Gasteiger partial charge in [0.25, 0.3) is 5.91 Å². The number of amides is 1. The Morgan fingerprint density at radius 2 is 2.05 bits per heavy atom. The van der Waals surface area contributed by atoms with Crippen LogP contribution in [0.1, 0.15) is 11.4 Å². The maximum absolute atomic E-state index is 12.1. The molecule has 2 heterocycles. The molecule has 2 aromatic rings. The van der Waals surface area contributed by atoms with E-state index >= 15 is 0 Å². The van der Waals surface area contributed by atoms with Crippen molar-refractivity contribution < 1.29 is 4.79 Å². The summed E-state index contributed by atoms with van der Waals surface area (Å²) in [6.45, 7) is 0. The van der Waals surface area contributed by atoms with Gasteiger partial charge in [-0.15, -0.1) is 0 Å². The molecule has 1 amide bonds. The van der Waals surface area contributed by atoms with Gasteiger partial charge in [0.2, 0.25) is 0 Å². The highest BCUT2D eigenvalue weighted by Gasteiger charge is 2.27. The molecule has 3 rings (SSSR count). The number of hydrogen-bond donors (Lipinski definition) is 1. The third-order valence-electron chi connectivity index (χ3n) is 2.89. The lowest BCUT2D eigenvalue weighted by atomic mass is 10.2. The fourth-order valence-electron chi connectivity index (χ4n) is 1.93. The number of carbonyl (C=O) groups is 1. The summed E-state index contributed by atoms with van der Waals surface area (Å²) in [5.41, 5.74) is 1.30. The van der Waals surface area contributed by atoms with E-state index in [1.54, 1.807) is 30.4 Å². The molecule has 19 heavy (non-hydrogen) atoms. The molecule has 0 saturated carbocycles. The smallest absolute Gasteiger partial charge is 0.278 e. The lowest BCUT2D eigenvalue weighted by Gasteiger charge is -2.10. The molecule has 1 aromatic heterocycles. The highest BCUT2D eigenvalue weighted by Crippen LogP contribution is 2.19. The number of hydrogen-bond acceptors (Lipinski definition) is 3. The number of aromatic nitrogens is 2. The summed E-state index contributed by atoms with van der Waals surface area (Å²) >= 11 is 0. The van der Waals surface area contributed by atoms with Crippen LogP contribution in [0.5, 0.6) is 0 Å². The average Bonchev–Trinajstić information content (AvgIpc) is 3.04. The van der Waals surface area contributed by atoms with Gasteiger partial charge in [-0.2, -0.15) is 0 Å². The zero-order valence-electron chi connectivity index (χ0n) is 10.4. The van der Waals surface area contributed by atoms with Crippen LogP contribution in [0, 0.1) is 0 Å². The van der Waals surface area contributed by atoms with E-state index in [-0.39, 0.29) is 5.91 Å². The van der Waals surface area contributed by atoms with Crippen molar-refractivity contribution in [2.45, 2.75) is 0 Å². The molecule has 0 bridgehead atoms. The van der Waals surface area contributed by atoms with Gasteiger partial charge in [-0.3, -0.25) is 9.69 Å². The summed E-state index contributed by atoms with van der Waals surface area (Å²) in [6, 6.07) is 9.63. The van der Waals surface area contributed by atoms with E-state index < -0.39 is 0 Å². The van der Waals surface area contributed by atoms with Crippen molar-refractivity contribution in [2.75, 3.05) is 7.05 Å². The van der Waals surface area contributed by atoms with Crippen LogP contribution in [0.25, 0.3) is 6.08 Å². The number of amidine groups is 1. The minimum Gasteiger partial charge on any atom is -0.345 e. The lowest BCUT2D eigenvalue weighted by molar-refractivity contribution is -0.121. The van der Waals surface area contributed by atoms with Gasteiger partial charge < -0.3 is 4.98 Å². The predicted molar refractivity (Wildman–Crippen MR) is 72.3 cm³/mol. The molecule has 5 nitrogen and oxygen atoms in total. The number of aromatic amines is 1. The van der Waals surface area contributed by atoms with Gasteiger partial charge in [0.1, 0.15) is 17.4 Å². The minimum absolute atomic E-state index is 0.129. The number of aliphatic imine (C=N–C) groups is 1. The van der Waals surface area contributed by atoms with E-state index in [0.717, 1.165) is 5.56 Å². The standard InChI is InChI=1S/C14H12N4O/c1-18-13(10-5-3-2-4-6-10)17-11(14(18)19)9-12-15-7-8-16-12/h2-9H,1H3,(H,15,16)/b11-9-. The van der Waals surface area contributed by atoms with Crippen molar-refractivity contribution in [2.24, 2.45) is 4.99 Å². The van der Waals surface area contributed by atoms with Crippen LogP contribution in [0.4, 0.5) is 0 Å². The van der Waals surface area contributed by atoms with E-state index in [0.29, 0.717) is 17.4 Å². The molecule has 0 fully saturated rings. The molecule has 1 N–H and O–H groups in total. The van der Waals surface area contributed by atoms with Crippen molar-refractivity contribution in [3.05, 3.63) is 59.8 Å². The first kappa shape index (κ1) is 11.4. The molecular formula is C14H12N4O. The Hall–Kier alpha value is -2.69. The fraction of sp³-hybridized carbons (Fsp3) is 0.0714. The monoisotopic (exact) mass is 252 g/mol. The number of H-pyrrole nitrogens is 1. The normalized spacial score (nSPS) is 17.1. The second-order valence-electron chi connectivity index (χ2n) is 4.17. The van der Waals surface area contributed by atoms with E-state index in [1.807, 2.05) is 30.3 Å². The average molecular weight is 252 g/mol. The lowest BCUT2D eigenvalue weighted by Crippen LogP contribution is -2.28. The summed E-state index contributed by atoms with van der Waals surface area (Å²) in [6.07, 6.45) is 4.99. The van der Waals surface area contributed by atoms with Crippen molar-refractivity contribution >= 4 is 17.8 Å². The number of imidazole rings is 1. The Kier molecular flexibility index (Phi) is 2.72. The number of carbonyl (C=O) groups excluding carboxylic acids is 1. The summed E-state index contributed by atoms with van der Waals surface area (Å²) in [5, 5.41) is 0. The molecule has 5 heteroatoms. The van der Waals surface area contributed by atoms with Crippen LogP contribution < -0.4 is 0 Å². The Balaban J connectivity index is 2.01. The van der Waals surface area contributed by atoms with E-state index in [9.17, 15) is 4.79 Å². The van der Waals surface area contributed by atoms with Crippen molar-refractivity contribution in [1.82, 2.24) is 14.9 Å². The Morgan fingerprint density at radius 3 is 2.74 bits per heavy atom. The molecule has 1 aromatic carbocycles. The maximum Gasteiger partial charge on any atom is 0.278 e. The van der Waals surface area contributed by atoms with E-state index in [1.165, 1.54) is 0 Å². The fourth-order valence-corrected chi connectivity index (χ4v) is 1.93. The molecule has 1 aliphatic rings. The van der Waals surface area contributed by atoms with Gasteiger partial charge in [-0.1, -0.05) is 30.3 Å². The van der Waals surface area contributed by atoms with Crippen molar-refractivity contribution in [1.29, 1.82) is 0 Å². The first-order chi connectivity index (χ1) is 9.25. The van der Waals surface area contributed by atoms with Crippen LogP contribution >= 0.6 is 0 Å². The molecule has 0 spiro atoms. The SMILES string of the molecule is CN1C(=O)/C(=C/c2ncc[nH]2)N=C1c1ccccc1. The number of likely N-dealkylation sites (N-methyl/N-ethyl adjacent to an activating group) is 1. The van der Waals surface area contributed by atoms with Gasteiger partial charge in [-0.25, -0.2) is 9.98 Å². The summed E-state index contributed by atoms with van der Waals surface area (Å²) in [7, 11) is 1.72. The summed E-state index contributed by atoms with van der Waals surface area (Å²) < 4.78 is 0. The second-order valence-corrected chi connectivity index (χ2v) is 4.17. The van der Waals surface area contributed by atoms with Crippen molar-refractivity contribution in [3.63, 3.8) is 0 Å². The molecule has 0 unspecified atom stereocenters. The molecule has 0 atom stereocenters. The minimum atomic E-state index is -0.129. The maximum atomic E-state index is 12.1. The highest BCUT2D eigenvalue weighted by atomic mass is 16.2. The van der Waals surface area contributed by atoms with E-state index in [2.05, 4.69) is 15.0 Å². The molecular weight excluding hydrogens is 240 g/mol. The van der Waals surface area contributed by atoms with Gasteiger partial charge >= 0.3 is 0 Å². The van der Waals surface area contributed by atoms with Crippen LogP contribution in [-0.4, -0.2) is 33.7 Å². The third kappa shape index (κ3) is 2.06. The molecule has 0 radical (unpaired) electrons. The van der Waals surface area contributed by atoms with Gasteiger partial charge in [0.15, 0.2) is 0 Å². The van der Waals surface area contributed by atoms with Gasteiger partial charge in [0.05, 0.1) is 0 Å². The third-order valence-corrected chi connectivity index (χ3v) is 2.89. The topological polar surface area (TPSA) is 61.4 Å². The zero-order valence-corrected chi connectivity index (χ0v) is 10.4. The number of benzene rings is 1. The van der Waals surface area contributed by atoms with E-state index in [4.69, 9.17) is 0 Å². The Morgan fingerprint density at radius 1 is 1.26 bits per heavy atom. The second kappa shape index (κ2) is 4.53. The van der Waals surface area contributed by atoms with Crippen LogP contribution in [0.2, 0.25) is 0 Å². The largest absolute Gasteiger partial charge is 0.345 e. The number of rotatable bonds is 2. The van der Waals surface area contributed by atoms with Crippen LogP contribution in [0.15, 0.2) is 53.4 Å². The Bertz CT molecular complexity index is 656. The highest BCUT2D eigenvalue weighted by molar-refractivity contribution is 6.19. The first-order valence-corrected chi connectivity index (χ1v) is 5.89. The first-order valence-electron chi connectivity index (χ1n) is 5.89. The van der Waals surface area contributed by atoms with Crippen LogP contribution in [0.3, 0.4) is 0 Å². The quantitative estimate of drug-likeness (QED) is 0.826. The van der Waals surface area contributed by atoms with Crippen molar-refractivity contribution in [3.8, 4) is 0 Å². The molecule has 0 aliphatic carbocycles. The predicted octanol–water partition coefficient (Wildman–Crippen LogP) is 1.67. The summed E-state index contributed by atoms with van der Waals surface area (Å²) in [5.74, 6) is 1.15. The zero-order chi connectivity index (χ0) is 13.2. The van der Waals surface area contributed by atoms with Gasteiger partial charge in [0, 0.05) is 31.1 Å². The summed E-state index contributed by atoms with van der Waals surface area (Å²) in [4.78, 5) is 25.0. The Labute approximate surface area is 110 Å². The molecule has 1 aliphatic heterocycles.